The van der Waals surface area contributed by atoms with Crippen LogP contribution in [0.15, 0.2) is 48.5 Å². The largest absolute Gasteiger partial charge is 0.304 e. The normalized spacial score (nSPS) is 20.9. The fourth-order valence-electron chi connectivity index (χ4n) is 5.53. The van der Waals surface area contributed by atoms with Crippen LogP contribution in [-0.2, 0) is 12.8 Å². The summed E-state index contributed by atoms with van der Waals surface area (Å²) in [5.74, 6) is 0.882. The summed E-state index contributed by atoms with van der Waals surface area (Å²) in [5, 5.41) is 5.69. The first-order chi connectivity index (χ1) is 14.3. The monoisotopic (exact) mass is 386 g/mol. The van der Waals surface area contributed by atoms with Crippen molar-refractivity contribution in [2.75, 3.05) is 39.8 Å². The van der Waals surface area contributed by atoms with Gasteiger partial charge in [0.05, 0.1) is 0 Å². The summed E-state index contributed by atoms with van der Waals surface area (Å²) >= 11 is 0. The minimum Gasteiger partial charge on any atom is -0.304 e. The SMILES string of the molecule is CN1CCN(CCCCC2CCc3c(ccc4c3ccc3ccccc34)C2)CC1. The molecule has 2 nitrogen and oxygen atoms in total. The molecule has 1 unspecified atom stereocenters. The van der Waals surface area contributed by atoms with Crippen molar-refractivity contribution in [1.29, 1.82) is 0 Å². The average molecular weight is 387 g/mol. The molecule has 0 spiro atoms. The van der Waals surface area contributed by atoms with Gasteiger partial charge in [0.25, 0.3) is 0 Å². The Hall–Kier alpha value is -1.90. The molecule has 0 aromatic heterocycles. The number of piperazine rings is 1. The Bertz CT molecular complexity index is 984. The molecule has 1 heterocycles. The van der Waals surface area contributed by atoms with Crippen LogP contribution in [-0.4, -0.2) is 49.6 Å². The highest BCUT2D eigenvalue weighted by molar-refractivity contribution is 6.08. The van der Waals surface area contributed by atoms with Crippen molar-refractivity contribution >= 4 is 21.5 Å². The number of hydrogen-bond donors (Lipinski definition) is 0. The summed E-state index contributed by atoms with van der Waals surface area (Å²) < 4.78 is 0. The molecule has 1 aliphatic heterocycles. The molecule has 0 radical (unpaired) electrons. The first-order valence-corrected chi connectivity index (χ1v) is 11.6. The number of benzene rings is 3. The summed E-state index contributed by atoms with van der Waals surface area (Å²) in [6, 6.07) is 18.3. The van der Waals surface area contributed by atoms with Crippen molar-refractivity contribution in [3.63, 3.8) is 0 Å². The van der Waals surface area contributed by atoms with E-state index in [4.69, 9.17) is 0 Å². The Morgan fingerprint density at radius 1 is 0.828 bits per heavy atom. The minimum atomic E-state index is 0.882. The summed E-state index contributed by atoms with van der Waals surface area (Å²) in [4.78, 5) is 5.11. The van der Waals surface area contributed by atoms with E-state index in [1.807, 2.05) is 0 Å². The fraction of sp³-hybridized carbons (Fsp3) is 0.481. The van der Waals surface area contributed by atoms with Crippen LogP contribution in [0.25, 0.3) is 21.5 Å². The van der Waals surface area contributed by atoms with Gasteiger partial charge in [-0.2, -0.15) is 0 Å². The highest BCUT2D eigenvalue weighted by Crippen LogP contribution is 2.36. The predicted octanol–water partition coefficient (Wildman–Crippen LogP) is 5.52. The number of fused-ring (bicyclic) bond motifs is 5. The van der Waals surface area contributed by atoms with Crippen LogP contribution in [0.4, 0.5) is 0 Å². The lowest BCUT2D eigenvalue weighted by Crippen LogP contribution is -2.44. The molecule has 1 atom stereocenters. The lowest BCUT2D eigenvalue weighted by atomic mass is 9.79. The van der Waals surface area contributed by atoms with Crippen LogP contribution < -0.4 is 0 Å². The van der Waals surface area contributed by atoms with Crippen LogP contribution >= 0.6 is 0 Å². The van der Waals surface area contributed by atoms with Crippen molar-refractivity contribution in [3.05, 3.63) is 59.7 Å². The molecule has 0 saturated carbocycles. The van der Waals surface area contributed by atoms with Gasteiger partial charge in [0, 0.05) is 26.2 Å². The molecular formula is C27H34N2. The number of likely N-dealkylation sites (N-methyl/N-ethyl adjacent to an activating group) is 1. The Morgan fingerprint density at radius 2 is 1.66 bits per heavy atom. The zero-order chi connectivity index (χ0) is 19.6. The highest BCUT2D eigenvalue weighted by Gasteiger charge is 2.21. The van der Waals surface area contributed by atoms with E-state index in [0.717, 1.165) is 5.92 Å². The second kappa shape index (κ2) is 8.45. The number of rotatable bonds is 5. The first-order valence-electron chi connectivity index (χ1n) is 11.6. The van der Waals surface area contributed by atoms with E-state index < -0.39 is 0 Å². The topological polar surface area (TPSA) is 6.48 Å². The third-order valence-electron chi connectivity index (χ3n) is 7.38. The highest BCUT2D eigenvalue weighted by atomic mass is 15.2. The van der Waals surface area contributed by atoms with Gasteiger partial charge < -0.3 is 9.80 Å². The van der Waals surface area contributed by atoms with E-state index in [-0.39, 0.29) is 0 Å². The average Bonchev–Trinajstić information content (AvgIpc) is 2.77. The van der Waals surface area contributed by atoms with Crippen molar-refractivity contribution in [1.82, 2.24) is 9.80 Å². The van der Waals surface area contributed by atoms with Crippen LogP contribution in [0.3, 0.4) is 0 Å². The van der Waals surface area contributed by atoms with E-state index in [9.17, 15) is 0 Å². The Morgan fingerprint density at radius 3 is 2.55 bits per heavy atom. The number of hydrogen-bond acceptors (Lipinski definition) is 2. The standard InChI is InChI=1S/C27H34N2/c1-28-16-18-29(19-17-28)15-5-4-6-21-9-12-25-23(20-21)11-14-26-24-8-3-2-7-22(24)10-13-27(25)26/h2-3,7-8,10-11,13-14,21H,4-6,9,12,15-20H2,1H3. The Kier molecular flexibility index (Phi) is 5.56. The lowest BCUT2D eigenvalue weighted by molar-refractivity contribution is 0.151. The van der Waals surface area contributed by atoms with Gasteiger partial charge in [0.15, 0.2) is 0 Å². The van der Waals surface area contributed by atoms with Gasteiger partial charge in [-0.3, -0.25) is 0 Å². The lowest BCUT2D eigenvalue weighted by Gasteiger charge is -2.32. The molecular weight excluding hydrogens is 352 g/mol. The molecule has 0 amide bonds. The number of unbranched alkanes of at least 4 members (excludes halogenated alkanes) is 1. The molecule has 3 aromatic rings. The molecule has 0 N–H and O–H groups in total. The molecule has 3 aromatic carbocycles. The molecule has 29 heavy (non-hydrogen) atoms. The zero-order valence-corrected chi connectivity index (χ0v) is 17.9. The zero-order valence-electron chi connectivity index (χ0n) is 17.9. The predicted molar refractivity (Wildman–Crippen MR) is 125 cm³/mol. The fourth-order valence-corrected chi connectivity index (χ4v) is 5.53. The van der Waals surface area contributed by atoms with E-state index in [0.29, 0.717) is 0 Å². The molecule has 0 bridgehead atoms. The summed E-state index contributed by atoms with van der Waals surface area (Å²) in [6.45, 7) is 6.30. The van der Waals surface area contributed by atoms with Crippen molar-refractivity contribution in [2.24, 2.45) is 5.92 Å². The summed E-state index contributed by atoms with van der Waals surface area (Å²) in [7, 11) is 2.24. The Balaban J connectivity index is 1.21. The van der Waals surface area contributed by atoms with Gasteiger partial charge in [0.2, 0.25) is 0 Å². The summed E-state index contributed by atoms with van der Waals surface area (Å²) in [5.41, 5.74) is 3.24. The second-order valence-electron chi connectivity index (χ2n) is 9.33. The molecule has 2 aliphatic rings. The third kappa shape index (κ3) is 4.06. The molecule has 1 saturated heterocycles. The molecule has 5 rings (SSSR count). The van der Waals surface area contributed by atoms with Crippen molar-refractivity contribution < 1.29 is 0 Å². The summed E-state index contributed by atoms with van der Waals surface area (Å²) in [6.07, 6.45) is 8.08. The molecule has 1 aliphatic carbocycles. The maximum atomic E-state index is 2.66. The molecule has 1 fully saturated rings. The van der Waals surface area contributed by atoms with Gasteiger partial charge >= 0.3 is 0 Å². The van der Waals surface area contributed by atoms with E-state index in [1.165, 1.54) is 92.8 Å². The smallest absolute Gasteiger partial charge is 0.0110 e. The van der Waals surface area contributed by atoms with Gasteiger partial charge in [0.1, 0.15) is 0 Å². The van der Waals surface area contributed by atoms with Gasteiger partial charge in [-0.15, -0.1) is 0 Å². The number of aryl methyl sites for hydroxylation is 1. The van der Waals surface area contributed by atoms with Crippen LogP contribution in [0.5, 0.6) is 0 Å². The first kappa shape index (κ1) is 19.1. The third-order valence-corrected chi connectivity index (χ3v) is 7.38. The van der Waals surface area contributed by atoms with Gasteiger partial charge in [-0.05, 0) is 77.9 Å². The molecule has 2 heteroatoms. The van der Waals surface area contributed by atoms with Crippen molar-refractivity contribution in [3.8, 4) is 0 Å². The van der Waals surface area contributed by atoms with Crippen LogP contribution in [0.1, 0.15) is 36.8 Å². The number of nitrogens with zero attached hydrogens (tertiary/aromatic N) is 2. The van der Waals surface area contributed by atoms with Gasteiger partial charge in [-0.25, -0.2) is 0 Å². The van der Waals surface area contributed by atoms with Crippen LogP contribution in [0, 0.1) is 5.92 Å². The van der Waals surface area contributed by atoms with Crippen molar-refractivity contribution in [2.45, 2.75) is 38.5 Å². The van der Waals surface area contributed by atoms with E-state index in [1.54, 1.807) is 11.1 Å². The maximum Gasteiger partial charge on any atom is 0.0110 e. The second-order valence-corrected chi connectivity index (χ2v) is 9.33. The minimum absolute atomic E-state index is 0.882. The van der Waals surface area contributed by atoms with Crippen LogP contribution in [0.2, 0.25) is 0 Å². The van der Waals surface area contributed by atoms with Gasteiger partial charge in [-0.1, -0.05) is 61.4 Å². The quantitative estimate of drug-likeness (QED) is 0.421. The van der Waals surface area contributed by atoms with E-state index >= 15 is 0 Å². The Labute approximate surface area is 175 Å². The maximum absolute atomic E-state index is 2.66. The van der Waals surface area contributed by atoms with E-state index in [2.05, 4.69) is 65.4 Å². The molecule has 152 valence electrons.